The lowest BCUT2D eigenvalue weighted by Crippen LogP contribution is -2.27. The molecule has 1 aliphatic heterocycles. The van der Waals surface area contributed by atoms with Crippen molar-refractivity contribution in [2.24, 2.45) is 0 Å². The number of carbonyl (C=O) groups excluding carboxylic acids is 1. The van der Waals surface area contributed by atoms with E-state index in [1.807, 2.05) is 24.3 Å². The Kier molecular flexibility index (Phi) is 3.40. The molecule has 19 heavy (non-hydrogen) atoms. The predicted octanol–water partition coefficient (Wildman–Crippen LogP) is 2.82. The van der Waals surface area contributed by atoms with E-state index in [2.05, 4.69) is 0 Å². The number of rotatable bonds is 2. The number of ether oxygens (including phenoxy) is 2. The second-order valence-electron chi connectivity index (χ2n) is 4.65. The molecule has 1 aromatic heterocycles. The van der Waals surface area contributed by atoms with E-state index >= 15 is 0 Å². The van der Waals surface area contributed by atoms with Crippen LogP contribution in [0.4, 0.5) is 5.69 Å². The number of carbonyl (C=O) groups is 1. The van der Waals surface area contributed by atoms with Crippen molar-refractivity contribution in [2.75, 3.05) is 18.9 Å². The molecule has 3 rings (SSSR count). The van der Waals surface area contributed by atoms with Crippen molar-refractivity contribution in [3.05, 3.63) is 29.1 Å². The van der Waals surface area contributed by atoms with Crippen molar-refractivity contribution in [3.8, 4) is 0 Å². The summed E-state index contributed by atoms with van der Waals surface area (Å²) in [6.07, 6.45) is 1.71. The number of benzene rings is 1. The zero-order valence-electron chi connectivity index (χ0n) is 10.4. The van der Waals surface area contributed by atoms with Gasteiger partial charge in [-0.1, -0.05) is 0 Å². The minimum Gasteiger partial charge on any atom is -0.456 e. The summed E-state index contributed by atoms with van der Waals surface area (Å²) in [4.78, 5) is 12.7. The first kappa shape index (κ1) is 12.4. The van der Waals surface area contributed by atoms with E-state index in [1.165, 1.54) is 11.3 Å². The lowest BCUT2D eigenvalue weighted by molar-refractivity contribution is -0.0302. The molecule has 0 radical (unpaired) electrons. The van der Waals surface area contributed by atoms with Crippen LogP contribution in [0.25, 0.3) is 10.1 Å². The molecular weight excluding hydrogens is 262 g/mol. The molecule has 0 spiro atoms. The molecule has 2 heterocycles. The highest BCUT2D eigenvalue weighted by atomic mass is 32.1. The second-order valence-corrected chi connectivity index (χ2v) is 5.74. The molecule has 1 fully saturated rings. The molecular formula is C14H15NO3S. The van der Waals surface area contributed by atoms with Crippen LogP contribution in [0.15, 0.2) is 24.3 Å². The summed E-state index contributed by atoms with van der Waals surface area (Å²) in [7, 11) is 0. The average molecular weight is 277 g/mol. The molecule has 1 aromatic carbocycles. The smallest absolute Gasteiger partial charge is 0.348 e. The molecule has 1 aliphatic rings. The highest BCUT2D eigenvalue weighted by Crippen LogP contribution is 2.28. The Morgan fingerprint density at radius 2 is 2.32 bits per heavy atom. The minimum atomic E-state index is -0.268. The molecule has 5 heteroatoms. The van der Waals surface area contributed by atoms with Gasteiger partial charge in [-0.3, -0.25) is 0 Å². The zero-order chi connectivity index (χ0) is 13.2. The summed E-state index contributed by atoms with van der Waals surface area (Å²) < 4.78 is 11.8. The number of hydrogen-bond donors (Lipinski definition) is 1. The van der Waals surface area contributed by atoms with E-state index in [1.54, 1.807) is 0 Å². The Morgan fingerprint density at radius 1 is 1.42 bits per heavy atom. The van der Waals surface area contributed by atoms with Gasteiger partial charge in [-0.15, -0.1) is 11.3 Å². The highest BCUT2D eigenvalue weighted by molar-refractivity contribution is 7.20. The predicted molar refractivity (Wildman–Crippen MR) is 75.5 cm³/mol. The van der Waals surface area contributed by atoms with Gasteiger partial charge in [-0.25, -0.2) is 4.79 Å². The molecule has 2 aromatic rings. The van der Waals surface area contributed by atoms with E-state index in [0.29, 0.717) is 17.2 Å². The van der Waals surface area contributed by atoms with Crippen LogP contribution in [0.1, 0.15) is 22.5 Å². The fraction of sp³-hybridized carbons (Fsp3) is 0.357. The quantitative estimate of drug-likeness (QED) is 0.677. The van der Waals surface area contributed by atoms with Crippen LogP contribution in [-0.2, 0) is 9.47 Å². The van der Waals surface area contributed by atoms with E-state index in [-0.39, 0.29) is 12.1 Å². The number of hydrogen-bond acceptors (Lipinski definition) is 5. The summed E-state index contributed by atoms with van der Waals surface area (Å²) >= 11 is 1.43. The molecule has 0 saturated carbocycles. The van der Waals surface area contributed by atoms with Crippen LogP contribution < -0.4 is 5.73 Å². The monoisotopic (exact) mass is 277 g/mol. The summed E-state index contributed by atoms with van der Waals surface area (Å²) in [5, 5.41) is 0.983. The van der Waals surface area contributed by atoms with Gasteiger partial charge in [0.05, 0.1) is 6.61 Å². The number of esters is 1. The Morgan fingerprint density at radius 3 is 3.11 bits per heavy atom. The molecule has 0 bridgehead atoms. The van der Waals surface area contributed by atoms with Crippen molar-refractivity contribution in [2.45, 2.75) is 18.9 Å². The maximum atomic E-state index is 12.1. The minimum absolute atomic E-state index is 0.114. The molecule has 4 nitrogen and oxygen atoms in total. The van der Waals surface area contributed by atoms with Crippen LogP contribution in [0.2, 0.25) is 0 Å². The average Bonchev–Trinajstić information content (AvgIpc) is 2.83. The Bertz CT molecular complexity index is 602. The van der Waals surface area contributed by atoms with Crippen molar-refractivity contribution in [3.63, 3.8) is 0 Å². The molecule has 0 aliphatic carbocycles. The second kappa shape index (κ2) is 5.19. The zero-order valence-corrected chi connectivity index (χ0v) is 11.2. The molecule has 0 amide bonds. The van der Waals surface area contributed by atoms with Gasteiger partial charge in [0, 0.05) is 17.0 Å². The topological polar surface area (TPSA) is 61.6 Å². The summed E-state index contributed by atoms with van der Waals surface area (Å²) in [5.41, 5.74) is 6.43. The third kappa shape index (κ3) is 2.72. The Balaban J connectivity index is 1.77. The van der Waals surface area contributed by atoms with Crippen LogP contribution in [0.3, 0.4) is 0 Å². The van der Waals surface area contributed by atoms with Gasteiger partial charge in [0.25, 0.3) is 0 Å². The van der Waals surface area contributed by atoms with Crippen molar-refractivity contribution in [1.82, 2.24) is 0 Å². The normalized spacial score (nSPS) is 19.5. The summed E-state index contributed by atoms with van der Waals surface area (Å²) in [6, 6.07) is 7.47. The van der Waals surface area contributed by atoms with Gasteiger partial charge < -0.3 is 15.2 Å². The van der Waals surface area contributed by atoms with Gasteiger partial charge in [-0.05, 0) is 42.5 Å². The van der Waals surface area contributed by atoms with Crippen LogP contribution >= 0.6 is 11.3 Å². The van der Waals surface area contributed by atoms with Crippen LogP contribution in [0.5, 0.6) is 0 Å². The van der Waals surface area contributed by atoms with E-state index < -0.39 is 0 Å². The van der Waals surface area contributed by atoms with Gasteiger partial charge in [0.15, 0.2) is 0 Å². The standard InChI is InChI=1S/C14H15NO3S/c15-10-3-4-12-9(6-10)7-13(19-12)14(16)18-11-2-1-5-17-8-11/h3-4,6-7,11H,1-2,5,8,15H2. The lowest BCUT2D eigenvalue weighted by atomic mass is 10.2. The fourth-order valence-corrected chi connectivity index (χ4v) is 3.10. The van der Waals surface area contributed by atoms with Gasteiger partial charge in [0.1, 0.15) is 11.0 Å². The SMILES string of the molecule is Nc1ccc2sc(C(=O)OC3CCCOC3)cc2c1. The number of nitrogen functional groups attached to an aromatic ring is 1. The fourth-order valence-electron chi connectivity index (χ4n) is 2.18. The molecule has 1 saturated heterocycles. The maximum Gasteiger partial charge on any atom is 0.348 e. The van der Waals surface area contributed by atoms with E-state index in [0.717, 1.165) is 29.5 Å². The molecule has 1 unspecified atom stereocenters. The van der Waals surface area contributed by atoms with Crippen LogP contribution in [0, 0.1) is 0 Å². The third-order valence-electron chi connectivity index (χ3n) is 3.13. The Hall–Kier alpha value is -1.59. The van der Waals surface area contributed by atoms with Crippen molar-refractivity contribution < 1.29 is 14.3 Å². The Labute approximate surface area is 115 Å². The summed E-state index contributed by atoms with van der Waals surface area (Å²) in [5.74, 6) is -0.268. The largest absolute Gasteiger partial charge is 0.456 e. The molecule has 2 N–H and O–H groups in total. The molecule has 1 atom stereocenters. The highest BCUT2D eigenvalue weighted by Gasteiger charge is 2.20. The number of fused-ring (bicyclic) bond motifs is 1. The van der Waals surface area contributed by atoms with Gasteiger partial charge >= 0.3 is 5.97 Å². The maximum absolute atomic E-state index is 12.1. The number of thiophene rings is 1. The lowest BCUT2D eigenvalue weighted by Gasteiger charge is -2.21. The molecule has 100 valence electrons. The van der Waals surface area contributed by atoms with Gasteiger partial charge in [0.2, 0.25) is 0 Å². The van der Waals surface area contributed by atoms with Crippen LogP contribution in [-0.4, -0.2) is 25.3 Å². The first-order valence-electron chi connectivity index (χ1n) is 6.30. The van der Waals surface area contributed by atoms with Crippen molar-refractivity contribution >= 4 is 33.1 Å². The first-order valence-corrected chi connectivity index (χ1v) is 7.12. The van der Waals surface area contributed by atoms with E-state index in [4.69, 9.17) is 15.2 Å². The van der Waals surface area contributed by atoms with Gasteiger partial charge in [-0.2, -0.15) is 0 Å². The number of anilines is 1. The van der Waals surface area contributed by atoms with E-state index in [9.17, 15) is 4.79 Å². The third-order valence-corrected chi connectivity index (χ3v) is 4.23. The summed E-state index contributed by atoms with van der Waals surface area (Å²) in [6.45, 7) is 1.26. The van der Waals surface area contributed by atoms with Crippen molar-refractivity contribution in [1.29, 1.82) is 0 Å². The first-order chi connectivity index (χ1) is 9.22. The number of nitrogens with two attached hydrogens (primary N) is 1.